The van der Waals surface area contributed by atoms with Gasteiger partial charge in [0, 0.05) is 19.3 Å². The van der Waals surface area contributed by atoms with Gasteiger partial charge in [0.25, 0.3) is 0 Å². The number of hydrogen-bond acceptors (Lipinski definition) is 3. The minimum absolute atomic E-state index is 0.0210. The van der Waals surface area contributed by atoms with E-state index in [-0.39, 0.29) is 18.1 Å². The summed E-state index contributed by atoms with van der Waals surface area (Å²) in [5, 5.41) is 6.21. The average molecular weight is 262 g/mol. The Kier molecular flexibility index (Phi) is 4.56. The Morgan fingerprint density at radius 1 is 1.42 bits per heavy atom. The highest BCUT2D eigenvalue weighted by molar-refractivity contribution is 5.95. The van der Waals surface area contributed by atoms with Crippen LogP contribution in [-0.2, 0) is 9.53 Å². The van der Waals surface area contributed by atoms with Crippen molar-refractivity contribution in [1.29, 1.82) is 0 Å². The van der Waals surface area contributed by atoms with E-state index in [2.05, 4.69) is 30.5 Å². The van der Waals surface area contributed by atoms with Crippen molar-refractivity contribution in [3.8, 4) is 0 Å². The quantitative estimate of drug-likeness (QED) is 0.874. The summed E-state index contributed by atoms with van der Waals surface area (Å²) in [5.74, 6) is 0.410. The molecule has 0 aromatic heterocycles. The van der Waals surface area contributed by atoms with Crippen LogP contribution in [0.5, 0.6) is 0 Å². The maximum Gasteiger partial charge on any atom is 0.241 e. The molecule has 1 fully saturated rings. The molecular weight excluding hydrogens is 240 g/mol. The summed E-state index contributed by atoms with van der Waals surface area (Å²) in [4.78, 5) is 12.2. The number of hydrogen-bond donors (Lipinski definition) is 2. The van der Waals surface area contributed by atoms with Crippen LogP contribution in [0.3, 0.4) is 0 Å². The molecule has 0 bridgehead atoms. The minimum atomic E-state index is -0.162. The SMILES string of the molecule is COC1CNC(C(=O)Nc2ccccc2C(C)C)C1. The van der Waals surface area contributed by atoms with Crippen molar-refractivity contribution in [2.75, 3.05) is 19.0 Å². The Morgan fingerprint density at radius 2 is 2.16 bits per heavy atom. The topological polar surface area (TPSA) is 50.4 Å². The number of para-hydroxylation sites is 1. The fourth-order valence-electron chi connectivity index (χ4n) is 2.42. The van der Waals surface area contributed by atoms with Gasteiger partial charge in [-0.1, -0.05) is 32.0 Å². The molecule has 1 amide bonds. The van der Waals surface area contributed by atoms with Gasteiger partial charge in [0.2, 0.25) is 5.91 Å². The van der Waals surface area contributed by atoms with Crippen molar-refractivity contribution >= 4 is 11.6 Å². The van der Waals surface area contributed by atoms with E-state index in [1.165, 1.54) is 0 Å². The van der Waals surface area contributed by atoms with E-state index in [0.717, 1.165) is 24.2 Å². The van der Waals surface area contributed by atoms with E-state index < -0.39 is 0 Å². The molecular formula is C15H22N2O2. The lowest BCUT2D eigenvalue weighted by molar-refractivity contribution is -0.118. The van der Waals surface area contributed by atoms with Crippen molar-refractivity contribution in [2.24, 2.45) is 0 Å². The number of benzene rings is 1. The zero-order chi connectivity index (χ0) is 13.8. The Morgan fingerprint density at radius 3 is 2.79 bits per heavy atom. The Hall–Kier alpha value is -1.39. The van der Waals surface area contributed by atoms with E-state index in [9.17, 15) is 4.79 Å². The summed E-state index contributed by atoms with van der Waals surface area (Å²) in [7, 11) is 1.68. The Bertz CT molecular complexity index is 446. The highest BCUT2D eigenvalue weighted by atomic mass is 16.5. The van der Waals surface area contributed by atoms with Gasteiger partial charge in [0.1, 0.15) is 0 Å². The molecule has 1 aromatic rings. The van der Waals surface area contributed by atoms with Crippen LogP contribution in [0.15, 0.2) is 24.3 Å². The monoisotopic (exact) mass is 262 g/mol. The Labute approximate surface area is 114 Å². The largest absolute Gasteiger partial charge is 0.380 e. The lowest BCUT2D eigenvalue weighted by atomic mass is 10.0. The molecule has 1 aliphatic rings. The first kappa shape index (κ1) is 14.0. The summed E-state index contributed by atoms with van der Waals surface area (Å²) in [5.41, 5.74) is 2.07. The molecule has 0 saturated carbocycles. The molecule has 1 aliphatic heterocycles. The number of rotatable bonds is 4. The third-order valence-corrected chi connectivity index (χ3v) is 3.58. The molecule has 2 atom stereocenters. The number of carbonyl (C=O) groups is 1. The van der Waals surface area contributed by atoms with Gasteiger partial charge in [-0.2, -0.15) is 0 Å². The maximum absolute atomic E-state index is 12.2. The number of anilines is 1. The second-order valence-corrected chi connectivity index (χ2v) is 5.29. The molecule has 19 heavy (non-hydrogen) atoms. The fourth-order valence-corrected chi connectivity index (χ4v) is 2.42. The molecule has 4 nitrogen and oxygen atoms in total. The Balaban J connectivity index is 2.03. The predicted octanol–water partition coefficient (Wildman–Crippen LogP) is 2.13. The minimum Gasteiger partial charge on any atom is -0.380 e. The normalized spacial score (nSPS) is 22.7. The first-order valence-electron chi connectivity index (χ1n) is 6.77. The molecule has 0 radical (unpaired) electrons. The van der Waals surface area contributed by atoms with Gasteiger partial charge in [0.05, 0.1) is 12.1 Å². The molecule has 1 aromatic carbocycles. The van der Waals surface area contributed by atoms with Gasteiger partial charge in [-0.15, -0.1) is 0 Å². The molecule has 104 valence electrons. The average Bonchev–Trinajstić information content (AvgIpc) is 2.88. The highest BCUT2D eigenvalue weighted by Crippen LogP contribution is 2.24. The van der Waals surface area contributed by atoms with Crippen molar-refractivity contribution in [2.45, 2.75) is 38.3 Å². The van der Waals surface area contributed by atoms with Crippen LogP contribution in [0.2, 0.25) is 0 Å². The molecule has 2 unspecified atom stereocenters. The number of methoxy groups -OCH3 is 1. The lowest BCUT2D eigenvalue weighted by Gasteiger charge is -2.16. The van der Waals surface area contributed by atoms with Crippen LogP contribution in [0.25, 0.3) is 0 Å². The van der Waals surface area contributed by atoms with E-state index in [4.69, 9.17) is 4.74 Å². The lowest BCUT2D eigenvalue weighted by Crippen LogP contribution is -2.35. The van der Waals surface area contributed by atoms with Gasteiger partial charge in [-0.3, -0.25) is 4.79 Å². The molecule has 1 saturated heterocycles. The van der Waals surface area contributed by atoms with E-state index in [1.807, 2.05) is 18.2 Å². The third-order valence-electron chi connectivity index (χ3n) is 3.58. The van der Waals surface area contributed by atoms with Gasteiger partial charge in [-0.05, 0) is 24.0 Å². The number of amides is 1. The third kappa shape index (κ3) is 3.33. The molecule has 0 spiro atoms. The molecule has 2 N–H and O–H groups in total. The van der Waals surface area contributed by atoms with E-state index in [0.29, 0.717) is 5.92 Å². The smallest absolute Gasteiger partial charge is 0.241 e. The molecule has 1 heterocycles. The molecule has 0 aliphatic carbocycles. The fraction of sp³-hybridized carbons (Fsp3) is 0.533. The zero-order valence-electron chi connectivity index (χ0n) is 11.8. The van der Waals surface area contributed by atoms with Crippen LogP contribution in [0.1, 0.15) is 31.7 Å². The van der Waals surface area contributed by atoms with Crippen LogP contribution in [0.4, 0.5) is 5.69 Å². The van der Waals surface area contributed by atoms with Gasteiger partial charge < -0.3 is 15.4 Å². The summed E-state index contributed by atoms with van der Waals surface area (Å²) < 4.78 is 5.26. The van der Waals surface area contributed by atoms with E-state index in [1.54, 1.807) is 7.11 Å². The van der Waals surface area contributed by atoms with Gasteiger partial charge in [0.15, 0.2) is 0 Å². The second-order valence-electron chi connectivity index (χ2n) is 5.29. The maximum atomic E-state index is 12.2. The van der Waals surface area contributed by atoms with Crippen molar-refractivity contribution in [3.63, 3.8) is 0 Å². The van der Waals surface area contributed by atoms with Crippen molar-refractivity contribution in [3.05, 3.63) is 29.8 Å². The molecule has 2 rings (SSSR count). The second kappa shape index (κ2) is 6.17. The summed E-state index contributed by atoms with van der Waals surface area (Å²) in [6, 6.07) is 7.79. The predicted molar refractivity (Wildman–Crippen MR) is 76.4 cm³/mol. The van der Waals surface area contributed by atoms with Crippen molar-refractivity contribution in [1.82, 2.24) is 5.32 Å². The van der Waals surface area contributed by atoms with Gasteiger partial charge >= 0.3 is 0 Å². The summed E-state index contributed by atoms with van der Waals surface area (Å²) >= 11 is 0. The van der Waals surface area contributed by atoms with Crippen LogP contribution >= 0.6 is 0 Å². The van der Waals surface area contributed by atoms with Gasteiger partial charge in [-0.25, -0.2) is 0 Å². The standard InChI is InChI=1S/C15H22N2O2/c1-10(2)12-6-4-5-7-13(12)17-15(18)14-8-11(19-3)9-16-14/h4-7,10-11,14,16H,8-9H2,1-3H3,(H,17,18). The number of ether oxygens (including phenoxy) is 1. The van der Waals surface area contributed by atoms with Crippen molar-refractivity contribution < 1.29 is 9.53 Å². The van der Waals surface area contributed by atoms with Crippen LogP contribution in [-0.4, -0.2) is 31.7 Å². The first-order valence-corrected chi connectivity index (χ1v) is 6.77. The number of nitrogens with one attached hydrogen (secondary N) is 2. The highest BCUT2D eigenvalue weighted by Gasteiger charge is 2.29. The first-order chi connectivity index (χ1) is 9.11. The summed E-state index contributed by atoms with van der Waals surface area (Å²) in [6.07, 6.45) is 0.864. The number of carbonyl (C=O) groups excluding carboxylic acids is 1. The molecule has 4 heteroatoms. The zero-order valence-corrected chi connectivity index (χ0v) is 11.8. The van der Waals surface area contributed by atoms with Crippen LogP contribution in [0, 0.1) is 0 Å². The summed E-state index contributed by atoms with van der Waals surface area (Å²) in [6.45, 7) is 4.99. The van der Waals surface area contributed by atoms with Crippen LogP contribution < -0.4 is 10.6 Å². The van der Waals surface area contributed by atoms with E-state index >= 15 is 0 Å².